The molecule has 2 heterocycles. The summed E-state index contributed by atoms with van der Waals surface area (Å²) >= 11 is 0. The van der Waals surface area contributed by atoms with Crippen molar-refractivity contribution in [2.45, 2.75) is 32.6 Å². The Hall–Kier alpha value is -3.95. The Bertz CT molecular complexity index is 1270. The Kier molecular flexibility index (Phi) is 5.52. The van der Waals surface area contributed by atoms with Gasteiger partial charge in [0, 0.05) is 30.3 Å². The second-order valence-corrected chi connectivity index (χ2v) is 8.69. The van der Waals surface area contributed by atoms with Crippen molar-refractivity contribution in [2.24, 2.45) is 0 Å². The van der Waals surface area contributed by atoms with Crippen LogP contribution in [0.2, 0.25) is 0 Å². The van der Waals surface area contributed by atoms with Crippen LogP contribution in [0.15, 0.2) is 34.7 Å². The van der Waals surface area contributed by atoms with Crippen molar-refractivity contribution in [1.29, 1.82) is 0 Å². The van der Waals surface area contributed by atoms with Crippen LogP contribution in [0.1, 0.15) is 32.8 Å². The van der Waals surface area contributed by atoms with Crippen molar-refractivity contribution in [2.75, 3.05) is 25.7 Å². The van der Waals surface area contributed by atoms with Crippen LogP contribution in [-0.4, -0.2) is 42.6 Å². The number of nitrogens with zero attached hydrogens (tertiary/aromatic N) is 3. The van der Waals surface area contributed by atoms with Gasteiger partial charge in [-0.2, -0.15) is 0 Å². The molecule has 1 N–H and O–H groups in total. The molecule has 0 atom stereocenters. The summed E-state index contributed by atoms with van der Waals surface area (Å²) in [5.41, 5.74) is 2.85. The largest absolute Gasteiger partial charge is 0.496 e. The summed E-state index contributed by atoms with van der Waals surface area (Å²) < 4.78 is 11.8. The summed E-state index contributed by atoms with van der Waals surface area (Å²) in [5.74, 6) is 0.530. The Labute approximate surface area is 190 Å². The van der Waals surface area contributed by atoms with Crippen LogP contribution in [0, 0.1) is 4.91 Å². The molecule has 172 valence electrons. The zero-order valence-electron chi connectivity index (χ0n) is 19.1. The third-order valence-corrected chi connectivity index (χ3v) is 5.43. The van der Waals surface area contributed by atoms with Gasteiger partial charge in [0.15, 0.2) is 12.7 Å². The molecular weight excluding hydrogens is 428 g/mol. The summed E-state index contributed by atoms with van der Waals surface area (Å²) in [6.07, 6.45) is 0.203. The first-order chi connectivity index (χ1) is 15.6. The summed E-state index contributed by atoms with van der Waals surface area (Å²) in [7, 11) is 2.84. The third kappa shape index (κ3) is 4.11. The van der Waals surface area contributed by atoms with Gasteiger partial charge < -0.3 is 9.15 Å². The average molecular weight is 453 g/mol. The maximum atomic E-state index is 12.5. The topological polar surface area (TPSA) is 114 Å². The van der Waals surface area contributed by atoms with Crippen LogP contribution in [-0.2, 0) is 15.0 Å². The Balaban J connectivity index is 1.90. The number of urea groups is 1. The molecule has 1 fully saturated rings. The highest BCUT2D eigenvalue weighted by molar-refractivity contribution is 6.06. The maximum absolute atomic E-state index is 12.5. The quantitative estimate of drug-likeness (QED) is 0.575. The van der Waals surface area contributed by atoms with Gasteiger partial charge in [-0.25, -0.2) is 14.6 Å². The fraction of sp³-hybridized carbons (Fsp3) is 0.348. The minimum Gasteiger partial charge on any atom is -0.496 e. The van der Waals surface area contributed by atoms with Crippen molar-refractivity contribution in [3.8, 4) is 17.2 Å². The van der Waals surface area contributed by atoms with E-state index in [9.17, 15) is 14.5 Å². The molecule has 1 aromatic heterocycles. The number of hydrogen-bond donors (Lipinski definition) is 1. The predicted octanol–water partition coefficient (Wildman–Crippen LogP) is 4.22. The first-order valence-electron chi connectivity index (χ1n) is 10.4. The Morgan fingerprint density at radius 2 is 1.91 bits per heavy atom. The number of ether oxygens (including phenoxy) is 1. The van der Waals surface area contributed by atoms with Crippen LogP contribution in [0.4, 0.5) is 16.2 Å². The van der Waals surface area contributed by atoms with E-state index in [2.05, 4.69) is 10.3 Å². The molecule has 1 aliphatic heterocycles. The van der Waals surface area contributed by atoms with Crippen LogP contribution in [0.3, 0.4) is 0 Å². The monoisotopic (exact) mass is 453 g/mol. The van der Waals surface area contributed by atoms with E-state index in [1.54, 1.807) is 25.3 Å². The molecule has 0 aliphatic carbocycles. The zero-order chi connectivity index (χ0) is 23.9. The van der Waals surface area contributed by atoms with Crippen molar-refractivity contribution < 1.29 is 28.5 Å². The van der Waals surface area contributed by atoms with E-state index in [0.717, 1.165) is 5.56 Å². The molecule has 4 rings (SSSR count). The molecule has 3 amide bonds. The lowest BCUT2D eigenvalue weighted by molar-refractivity contribution is -0.736. The van der Waals surface area contributed by atoms with Gasteiger partial charge in [0.25, 0.3) is 4.92 Å². The zero-order valence-corrected chi connectivity index (χ0v) is 19.1. The normalized spacial score (nSPS) is 14.4. The van der Waals surface area contributed by atoms with Crippen molar-refractivity contribution in [3.63, 3.8) is 0 Å². The van der Waals surface area contributed by atoms with E-state index in [1.807, 2.05) is 26.8 Å². The molecular formula is C23H25N4O6+. The minimum absolute atomic E-state index is 0.203. The van der Waals surface area contributed by atoms with E-state index >= 15 is 0 Å². The van der Waals surface area contributed by atoms with Crippen LogP contribution >= 0.6 is 0 Å². The second kappa shape index (κ2) is 8.19. The third-order valence-electron chi connectivity index (χ3n) is 5.43. The van der Waals surface area contributed by atoms with Gasteiger partial charge in [-0.3, -0.25) is 15.0 Å². The number of oxazole rings is 1. The van der Waals surface area contributed by atoms with E-state index < -0.39 is 6.03 Å². The van der Waals surface area contributed by atoms with Crippen LogP contribution in [0.5, 0.6) is 5.75 Å². The molecule has 33 heavy (non-hydrogen) atoms. The van der Waals surface area contributed by atoms with Gasteiger partial charge >= 0.3 is 11.7 Å². The van der Waals surface area contributed by atoms with Crippen LogP contribution < -0.4 is 15.0 Å². The molecule has 3 aromatic rings. The van der Waals surface area contributed by atoms with Crippen LogP contribution in [0.25, 0.3) is 22.6 Å². The number of anilines is 1. The number of carbonyl (C=O) groups is 2. The number of amides is 3. The molecule has 0 radical (unpaired) electrons. The first-order valence-corrected chi connectivity index (χ1v) is 10.4. The number of methoxy groups -OCH3 is 1. The molecule has 0 saturated carbocycles. The molecule has 10 heteroatoms. The number of hydrogen-bond acceptors (Lipinski definition) is 7. The molecule has 0 bridgehead atoms. The number of carbonyl (C=O) groups excluding carboxylic acids is 2. The summed E-state index contributed by atoms with van der Waals surface area (Å²) in [6, 6.07) is 7.92. The Morgan fingerprint density at radius 1 is 1.15 bits per heavy atom. The SMILES string of the molecule is COc1c(-c2nc3ccc([N+](=O)OC)cc3o2)cc(N2CCC(=O)NC2=O)cc1C(C)(C)C. The standard InChI is InChI=1S/C23H24N4O6/c1-23(2,3)16-11-14(26-9-8-19(28)25-22(26)29)10-15(20(16)31-4)21-24-17-7-6-13(27(30)32-5)12-18(17)33-21/h6-7,10-12H,8-9H2,1-5H3/p+1. The minimum atomic E-state index is -0.487. The van der Waals surface area contributed by atoms with Gasteiger partial charge in [-0.1, -0.05) is 20.8 Å². The lowest BCUT2D eigenvalue weighted by atomic mass is 9.84. The second-order valence-electron chi connectivity index (χ2n) is 8.69. The first kappa shape index (κ1) is 22.3. The number of rotatable bonds is 5. The highest BCUT2D eigenvalue weighted by Crippen LogP contribution is 2.43. The smallest absolute Gasteiger partial charge is 0.328 e. The van der Waals surface area contributed by atoms with E-state index in [0.29, 0.717) is 33.0 Å². The fourth-order valence-electron chi connectivity index (χ4n) is 3.76. The molecule has 0 unspecified atom stereocenters. The number of nitrogens with one attached hydrogen (secondary N) is 1. The van der Waals surface area contributed by atoms with Gasteiger partial charge in [0.2, 0.25) is 11.8 Å². The molecule has 0 spiro atoms. The average Bonchev–Trinajstić information content (AvgIpc) is 3.20. The summed E-state index contributed by atoms with van der Waals surface area (Å²) in [4.78, 5) is 47.1. The van der Waals surface area contributed by atoms with Gasteiger partial charge in [0.1, 0.15) is 11.3 Å². The summed E-state index contributed by atoms with van der Waals surface area (Å²) in [5, 5.41) is 2.35. The van der Waals surface area contributed by atoms with Crippen molar-refractivity contribution in [3.05, 3.63) is 40.8 Å². The lowest BCUT2D eigenvalue weighted by Gasteiger charge is -2.30. The van der Waals surface area contributed by atoms with Gasteiger partial charge in [0.05, 0.1) is 23.6 Å². The van der Waals surface area contributed by atoms with Gasteiger partial charge in [-0.15, -0.1) is 0 Å². The maximum Gasteiger partial charge on any atom is 0.328 e. The van der Waals surface area contributed by atoms with E-state index in [-0.39, 0.29) is 35.9 Å². The molecule has 1 aliphatic rings. The Morgan fingerprint density at radius 3 is 2.55 bits per heavy atom. The predicted molar refractivity (Wildman–Crippen MR) is 120 cm³/mol. The molecule has 10 nitrogen and oxygen atoms in total. The van der Waals surface area contributed by atoms with Crippen molar-refractivity contribution >= 4 is 34.4 Å². The highest BCUT2D eigenvalue weighted by Gasteiger charge is 2.30. The van der Waals surface area contributed by atoms with E-state index in [4.69, 9.17) is 14.0 Å². The lowest BCUT2D eigenvalue weighted by Crippen LogP contribution is -2.49. The fourth-order valence-corrected chi connectivity index (χ4v) is 3.76. The van der Waals surface area contributed by atoms with Crippen molar-refractivity contribution in [1.82, 2.24) is 10.3 Å². The number of benzene rings is 2. The highest BCUT2D eigenvalue weighted by atomic mass is 16.8. The van der Waals surface area contributed by atoms with Gasteiger partial charge in [-0.05, 0) is 23.6 Å². The number of fused-ring (bicyclic) bond motifs is 1. The number of aromatic nitrogens is 1. The molecule has 1 saturated heterocycles. The molecule has 2 aromatic carbocycles. The van der Waals surface area contributed by atoms with E-state index in [1.165, 1.54) is 18.1 Å². The summed E-state index contributed by atoms with van der Waals surface area (Å²) in [6.45, 7) is 6.35. The number of imide groups is 1.